The van der Waals surface area contributed by atoms with Gasteiger partial charge in [-0.2, -0.15) is 0 Å². The van der Waals surface area contributed by atoms with E-state index in [4.69, 9.17) is 13.9 Å². The summed E-state index contributed by atoms with van der Waals surface area (Å²) in [6, 6.07) is 7.66. The van der Waals surface area contributed by atoms with E-state index in [9.17, 15) is 4.79 Å². The van der Waals surface area contributed by atoms with Crippen molar-refractivity contribution in [1.29, 1.82) is 0 Å². The van der Waals surface area contributed by atoms with Crippen LogP contribution in [0.25, 0.3) is 11.5 Å². The van der Waals surface area contributed by atoms with Crippen molar-refractivity contribution in [2.75, 3.05) is 20.3 Å². The summed E-state index contributed by atoms with van der Waals surface area (Å²) in [6.45, 7) is 6.99. The Morgan fingerprint density at radius 3 is 2.72 bits per heavy atom. The third kappa shape index (κ3) is 3.69. The fourth-order valence-electron chi connectivity index (χ4n) is 3.20. The molecule has 0 aliphatic carbocycles. The van der Waals surface area contributed by atoms with Gasteiger partial charge in [-0.05, 0) is 39.0 Å². The molecule has 1 aromatic carbocycles. The fraction of sp³-hybridized carbons (Fsp3) is 0.474. The lowest BCUT2D eigenvalue weighted by Crippen LogP contribution is -2.53. The first-order valence-corrected chi connectivity index (χ1v) is 8.49. The van der Waals surface area contributed by atoms with Gasteiger partial charge in [0.15, 0.2) is 0 Å². The predicted molar refractivity (Wildman–Crippen MR) is 93.5 cm³/mol. The second kappa shape index (κ2) is 7.27. The third-order valence-electron chi connectivity index (χ3n) is 4.48. The number of carbonyl (C=O) groups excluding carboxylic acids is 1. The summed E-state index contributed by atoms with van der Waals surface area (Å²) in [7, 11) is 1.62. The van der Waals surface area contributed by atoms with Gasteiger partial charge in [-0.25, -0.2) is 4.98 Å². The van der Waals surface area contributed by atoms with Crippen molar-refractivity contribution in [3.63, 3.8) is 0 Å². The molecule has 1 amide bonds. The molecule has 0 radical (unpaired) electrons. The van der Waals surface area contributed by atoms with Gasteiger partial charge < -0.3 is 18.8 Å². The average molecular weight is 344 g/mol. The molecule has 1 aliphatic rings. The molecule has 0 spiro atoms. The van der Waals surface area contributed by atoms with Gasteiger partial charge in [0.1, 0.15) is 11.5 Å². The molecular weight excluding hydrogens is 320 g/mol. The molecule has 2 aromatic rings. The van der Waals surface area contributed by atoms with Crippen LogP contribution in [0.15, 0.2) is 28.7 Å². The minimum Gasteiger partial charge on any atom is -0.497 e. The number of rotatable bonds is 4. The summed E-state index contributed by atoms with van der Waals surface area (Å²) in [4.78, 5) is 19.2. The van der Waals surface area contributed by atoms with Crippen molar-refractivity contribution in [3.8, 4) is 17.2 Å². The van der Waals surface area contributed by atoms with Crippen LogP contribution < -0.4 is 4.74 Å². The van der Waals surface area contributed by atoms with Gasteiger partial charge in [-0.1, -0.05) is 6.07 Å². The highest BCUT2D eigenvalue weighted by molar-refractivity contribution is 5.79. The Morgan fingerprint density at radius 2 is 2.04 bits per heavy atom. The van der Waals surface area contributed by atoms with E-state index in [0.717, 1.165) is 11.3 Å². The Kier molecular flexibility index (Phi) is 5.08. The standard InChI is InChI=1S/C19H24N2O4/c1-12-10-24-11-13(2)21(12)18(22)9-17-14(3)25-19(20-17)15-6-5-7-16(8-15)23-4/h5-8,12-13H,9-11H2,1-4H3. The number of aryl methyl sites for hydroxylation is 1. The molecule has 0 N–H and O–H groups in total. The molecular formula is C19H24N2O4. The minimum atomic E-state index is 0.0527. The molecule has 6 heteroatoms. The minimum absolute atomic E-state index is 0.0527. The van der Waals surface area contributed by atoms with E-state index in [2.05, 4.69) is 4.98 Å². The highest BCUT2D eigenvalue weighted by Gasteiger charge is 2.30. The number of amides is 1. The van der Waals surface area contributed by atoms with Crippen molar-refractivity contribution in [1.82, 2.24) is 9.88 Å². The summed E-state index contributed by atoms with van der Waals surface area (Å²) >= 11 is 0. The van der Waals surface area contributed by atoms with Crippen molar-refractivity contribution in [2.24, 2.45) is 0 Å². The number of ether oxygens (including phenoxy) is 2. The Hall–Kier alpha value is -2.34. The zero-order valence-corrected chi connectivity index (χ0v) is 15.1. The van der Waals surface area contributed by atoms with Gasteiger partial charge in [0.2, 0.25) is 11.8 Å². The Bertz CT molecular complexity index is 746. The van der Waals surface area contributed by atoms with Crippen LogP contribution in [0.5, 0.6) is 5.75 Å². The molecule has 0 bridgehead atoms. The third-order valence-corrected chi connectivity index (χ3v) is 4.48. The lowest BCUT2D eigenvalue weighted by atomic mass is 10.1. The molecule has 2 unspecified atom stereocenters. The van der Waals surface area contributed by atoms with Gasteiger partial charge in [0.05, 0.1) is 44.5 Å². The van der Waals surface area contributed by atoms with Crippen molar-refractivity contribution >= 4 is 5.91 Å². The maximum Gasteiger partial charge on any atom is 0.229 e. The zero-order chi connectivity index (χ0) is 18.0. The molecule has 0 saturated carbocycles. The second-order valence-electron chi connectivity index (χ2n) is 6.47. The number of hydrogen-bond donors (Lipinski definition) is 0. The predicted octanol–water partition coefficient (Wildman–Crippen LogP) is 2.84. The molecule has 134 valence electrons. The highest BCUT2D eigenvalue weighted by atomic mass is 16.5. The zero-order valence-electron chi connectivity index (χ0n) is 15.1. The van der Waals surface area contributed by atoms with Crippen LogP contribution in [0.4, 0.5) is 0 Å². The van der Waals surface area contributed by atoms with Gasteiger partial charge in [-0.3, -0.25) is 4.79 Å². The quantitative estimate of drug-likeness (QED) is 0.853. The van der Waals surface area contributed by atoms with E-state index < -0.39 is 0 Å². The SMILES string of the molecule is COc1cccc(-c2nc(CC(=O)N3C(C)COCC3C)c(C)o2)c1. The topological polar surface area (TPSA) is 64.8 Å². The Balaban J connectivity index is 1.79. The first kappa shape index (κ1) is 17.5. The number of carbonyl (C=O) groups is 1. The number of benzene rings is 1. The van der Waals surface area contributed by atoms with Crippen LogP contribution in [0.2, 0.25) is 0 Å². The lowest BCUT2D eigenvalue weighted by molar-refractivity contribution is -0.143. The summed E-state index contributed by atoms with van der Waals surface area (Å²) in [5.74, 6) is 1.96. The number of methoxy groups -OCH3 is 1. The van der Waals surface area contributed by atoms with Crippen LogP contribution in [-0.2, 0) is 16.0 Å². The molecule has 1 aliphatic heterocycles. The van der Waals surface area contributed by atoms with Crippen LogP contribution in [0.3, 0.4) is 0 Å². The van der Waals surface area contributed by atoms with Crippen LogP contribution in [0, 0.1) is 6.92 Å². The smallest absolute Gasteiger partial charge is 0.229 e. The fourth-order valence-corrected chi connectivity index (χ4v) is 3.20. The van der Waals surface area contributed by atoms with E-state index in [1.165, 1.54) is 0 Å². The summed E-state index contributed by atoms with van der Waals surface area (Å²) in [6.07, 6.45) is 0.230. The van der Waals surface area contributed by atoms with E-state index in [0.29, 0.717) is 30.6 Å². The molecule has 1 aromatic heterocycles. The van der Waals surface area contributed by atoms with Gasteiger partial charge >= 0.3 is 0 Å². The molecule has 25 heavy (non-hydrogen) atoms. The first-order chi connectivity index (χ1) is 12.0. The molecule has 6 nitrogen and oxygen atoms in total. The van der Waals surface area contributed by atoms with E-state index in [1.807, 2.05) is 49.9 Å². The average Bonchev–Trinajstić information content (AvgIpc) is 2.95. The van der Waals surface area contributed by atoms with E-state index >= 15 is 0 Å². The second-order valence-corrected chi connectivity index (χ2v) is 6.47. The van der Waals surface area contributed by atoms with Gasteiger partial charge in [0.25, 0.3) is 0 Å². The first-order valence-electron chi connectivity index (χ1n) is 8.49. The molecule has 2 heterocycles. The van der Waals surface area contributed by atoms with Gasteiger partial charge in [0, 0.05) is 5.56 Å². The van der Waals surface area contributed by atoms with Crippen molar-refractivity contribution < 1.29 is 18.7 Å². The summed E-state index contributed by atoms with van der Waals surface area (Å²) in [5, 5.41) is 0. The van der Waals surface area contributed by atoms with Crippen LogP contribution >= 0.6 is 0 Å². The number of morpholine rings is 1. The lowest BCUT2D eigenvalue weighted by Gasteiger charge is -2.38. The van der Waals surface area contributed by atoms with Crippen molar-refractivity contribution in [3.05, 3.63) is 35.7 Å². The van der Waals surface area contributed by atoms with Crippen molar-refractivity contribution in [2.45, 2.75) is 39.3 Å². The monoisotopic (exact) mass is 344 g/mol. The number of hydrogen-bond acceptors (Lipinski definition) is 5. The summed E-state index contributed by atoms with van der Waals surface area (Å²) in [5.41, 5.74) is 1.50. The molecule has 1 fully saturated rings. The number of aromatic nitrogens is 1. The molecule has 1 saturated heterocycles. The van der Waals surface area contributed by atoms with Gasteiger partial charge in [-0.15, -0.1) is 0 Å². The normalized spacial score (nSPS) is 20.6. The van der Waals surface area contributed by atoms with Crippen LogP contribution in [-0.4, -0.2) is 48.2 Å². The number of nitrogens with zero attached hydrogens (tertiary/aromatic N) is 2. The molecule has 3 rings (SSSR count). The highest BCUT2D eigenvalue weighted by Crippen LogP contribution is 2.26. The maximum absolute atomic E-state index is 12.8. The Morgan fingerprint density at radius 1 is 1.32 bits per heavy atom. The number of oxazole rings is 1. The Labute approximate surface area is 147 Å². The molecule has 2 atom stereocenters. The summed E-state index contributed by atoms with van der Waals surface area (Å²) < 4.78 is 16.5. The van der Waals surface area contributed by atoms with E-state index in [1.54, 1.807) is 7.11 Å². The van der Waals surface area contributed by atoms with E-state index in [-0.39, 0.29) is 24.4 Å². The largest absolute Gasteiger partial charge is 0.497 e. The van der Waals surface area contributed by atoms with Crippen LogP contribution in [0.1, 0.15) is 25.3 Å². The maximum atomic E-state index is 12.8.